The molecule has 0 bridgehead atoms. The second kappa shape index (κ2) is 10.1. The number of carbonyl (C=O) groups excluding carboxylic acids is 2. The average Bonchev–Trinajstić information content (AvgIpc) is 3.20. The number of anilines is 2. The summed E-state index contributed by atoms with van der Waals surface area (Å²) in [5, 5.41) is 11.5. The molecule has 2 fully saturated rings. The Bertz CT molecular complexity index is 1360. The molecule has 0 spiro atoms. The summed E-state index contributed by atoms with van der Waals surface area (Å²) in [5.74, 6) is -0.894. The number of hydrogen-bond donors (Lipinski definition) is 1. The molecule has 5 rings (SSSR count). The highest BCUT2D eigenvalue weighted by Gasteiger charge is 2.47. The van der Waals surface area contributed by atoms with Crippen LogP contribution in [-0.2, 0) is 9.59 Å². The first-order valence-electron chi connectivity index (χ1n) is 12.6. The van der Waals surface area contributed by atoms with Crippen molar-refractivity contribution in [3.63, 3.8) is 0 Å². The molecule has 2 aromatic carbocycles. The highest BCUT2D eigenvalue weighted by Crippen LogP contribution is 2.43. The molecular formula is C30H31N3O4. The van der Waals surface area contributed by atoms with Crippen LogP contribution < -0.4 is 14.5 Å². The third kappa shape index (κ3) is 4.46. The van der Waals surface area contributed by atoms with Crippen molar-refractivity contribution < 1.29 is 19.4 Å². The zero-order valence-electron chi connectivity index (χ0n) is 21.4. The Hall–Kier alpha value is -4.13. The molecule has 7 heteroatoms. The molecule has 2 aliphatic rings. The zero-order chi connectivity index (χ0) is 26.1. The summed E-state index contributed by atoms with van der Waals surface area (Å²) < 4.78 is 5.41. The predicted molar refractivity (Wildman–Crippen MR) is 144 cm³/mol. The lowest BCUT2D eigenvalue weighted by atomic mass is 9.93. The first-order valence-corrected chi connectivity index (χ1v) is 12.6. The lowest BCUT2D eigenvalue weighted by Crippen LogP contribution is -2.30. The Morgan fingerprint density at radius 3 is 2.22 bits per heavy atom. The number of pyridine rings is 1. The maximum absolute atomic E-state index is 13.5. The Labute approximate surface area is 217 Å². The van der Waals surface area contributed by atoms with Crippen LogP contribution in [0.5, 0.6) is 5.75 Å². The maximum Gasteiger partial charge on any atom is 0.300 e. The normalized spacial score (nSPS) is 19.4. The van der Waals surface area contributed by atoms with E-state index < -0.39 is 17.7 Å². The largest absolute Gasteiger partial charge is 0.507 e. The van der Waals surface area contributed by atoms with Crippen molar-refractivity contribution >= 4 is 28.8 Å². The molecule has 0 aliphatic carbocycles. The molecule has 3 aromatic rings. The summed E-state index contributed by atoms with van der Waals surface area (Å²) in [6.45, 7) is 5.74. The van der Waals surface area contributed by atoms with Crippen molar-refractivity contribution in [2.45, 2.75) is 39.2 Å². The van der Waals surface area contributed by atoms with E-state index in [0.717, 1.165) is 29.9 Å². The van der Waals surface area contributed by atoms with Crippen LogP contribution in [0.4, 0.5) is 11.4 Å². The van der Waals surface area contributed by atoms with Gasteiger partial charge < -0.3 is 14.7 Å². The zero-order valence-corrected chi connectivity index (χ0v) is 21.4. The minimum atomic E-state index is -0.786. The predicted octanol–water partition coefficient (Wildman–Crippen LogP) is 5.32. The number of carbonyl (C=O) groups is 2. The number of benzene rings is 2. The quantitative estimate of drug-likeness (QED) is 0.292. The lowest BCUT2D eigenvalue weighted by molar-refractivity contribution is -0.132. The van der Waals surface area contributed by atoms with E-state index in [9.17, 15) is 14.7 Å². The lowest BCUT2D eigenvalue weighted by Gasteiger charge is -2.30. The highest BCUT2D eigenvalue weighted by atomic mass is 16.5. The molecule has 3 heterocycles. The second-order valence-electron chi connectivity index (χ2n) is 9.65. The number of ketones is 1. The maximum atomic E-state index is 13.5. The standard InChI is InChI=1S/C30H31N3O4/c1-19-18-25(37-3)20(2)17-24(19)28(34)26-27(21-11-13-31-14-12-21)33(30(36)29(26)35)23-9-7-22(8-10-23)32-15-5-4-6-16-32/h7-14,17-18,27,34H,4-6,15-16H2,1-3H3/b28-26+. The molecule has 2 aliphatic heterocycles. The van der Waals surface area contributed by atoms with Crippen LogP contribution in [0.15, 0.2) is 66.5 Å². The molecule has 37 heavy (non-hydrogen) atoms. The van der Waals surface area contributed by atoms with Crippen LogP contribution in [-0.4, -0.2) is 42.0 Å². The Morgan fingerprint density at radius 2 is 1.57 bits per heavy atom. The first-order chi connectivity index (χ1) is 17.9. The second-order valence-corrected chi connectivity index (χ2v) is 9.65. The van der Waals surface area contributed by atoms with Gasteiger partial charge in [0.2, 0.25) is 0 Å². The summed E-state index contributed by atoms with van der Waals surface area (Å²) in [5.41, 5.74) is 4.51. The summed E-state index contributed by atoms with van der Waals surface area (Å²) in [6, 6.07) is 14.1. The fourth-order valence-electron chi connectivity index (χ4n) is 5.35. The van der Waals surface area contributed by atoms with Gasteiger partial charge in [-0.2, -0.15) is 0 Å². The summed E-state index contributed by atoms with van der Waals surface area (Å²) in [6.07, 6.45) is 6.83. The summed E-state index contributed by atoms with van der Waals surface area (Å²) in [7, 11) is 1.59. The van der Waals surface area contributed by atoms with Crippen LogP contribution in [0, 0.1) is 13.8 Å². The van der Waals surface area contributed by atoms with Crippen LogP contribution in [0.25, 0.3) is 5.76 Å². The van der Waals surface area contributed by atoms with Gasteiger partial charge in [0, 0.05) is 42.4 Å². The fraction of sp³-hybridized carbons (Fsp3) is 0.300. The minimum absolute atomic E-state index is 0.0592. The SMILES string of the molecule is COc1cc(C)c(/C(O)=C2\C(=O)C(=O)N(c3ccc(N4CCCCC4)cc3)C2c2ccncc2)cc1C. The Morgan fingerprint density at radius 1 is 0.919 bits per heavy atom. The van der Waals surface area contributed by atoms with Crippen molar-refractivity contribution in [1.82, 2.24) is 4.98 Å². The van der Waals surface area contributed by atoms with E-state index in [2.05, 4.69) is 9.88 Å². The van der Waals surface area contributed by atoms with E-state index >= 15 is 0 Å². The van der Waals surface area contributed by atoms with Crippen molar-refractivity contribution in [3.8, 4) is 5.75 Å². The number of aromatic nitrogens is 1. The van der Waals surface area contributed by atoms with Crippen LogP contribution >= 0.6 is 0 Å². The molecule has 0 radical (unpaired) electrons. The van der Waals surface area contributed by atoms with Gasteiger partial charge in [-0.3, -0.25) is 19.5 Å². The van der Waals surface area contributed by atoms with Gasteiger partial charge in [-0.1, -0.05) is 0 Å². The highest BCUT2D eigenvalue weighted by molar-refractivity contribution is 6.51. The smallest absolute Gasteiger partial charge is 0.300 e. The Balaban J connectivity index is 1.62. The van der Waals surface area contributed by atoms with Gasteiger partial charge in [-0.25, -0.2) is 0 Å². The number of rotatable bonds is 5. The number of amides is 1. The van der Waals surface area contributed by atoms with E-state index in [1.54, 1.807) is 37.7 Å². The third-order valence-corrected chi connectivity index (χ3v) is 7.31. The van der Waals surface area contributed by atoms with Crippen molar-refractivity contribution in [2.24, 2.45) is 0 Å². The minimum Gasteiger partial charge on any atom is -0.507 e. The molecule has 1 aromatic heterocycles. The molecule has 2 saturated heterocycles. The molecule has 1 atom stereocenters. The van der Waals surface area contributed by atoms with Gasteiger partial charge in [-0.15, -0.1) is 0 Å². The van der Waals surface area contributed by atoms with Gasteiger partial charge in [-0.05, 0) is 98.3 Å². The van der Waals surface area contributed by atoms with Gasteiger partial charge in [0.1, 0.15) is 11.5 Å². The molecule has 190 valence electrons. The van der Waals surface area contributed by atoms with E-state index in [4.69, 9.17) is 4.74 Å². The van der Waals surface area contributed by atoms with E-state index in [-0.39, 0.29) is 11.3 Å². The molecule has 7 nitrogen and oxygen atoms in total. The van der Waals surface area contributed by atoms with Gasteiger partial charge in [0.05, 0.1) is 18.7 Å². The molecular weight excluding hydrogens is 466 g/mol. The topological polar surface area (TPSA) is 83.0 Å². The Kier molecular flexibility index (Phi) is 6.70. The number of aryl methyl sites for hydroxylation is 2. The molecule has 1 N–H and O–H groups in total. The van der Waals surface area contributed by atoms with Crippen molar-refractivity contribution in [2.75, 3.05) is 30.0 Å². The van der Waals surface area contributed by atoms with E-state index in [0.29, 0.717) is 22.6 Å². The van der Waals surface area contributed by atoms with Crippen LogP contribution in [0.1, 0.15) is 47.6 Å². The van der Waals surface area contributed by atoms with E-state index in [1.807, 2.05) is 44.2 Å². The molecule has 1 amide bonds. The van der Waals surface area contributed by atoms with Crippen LogP contribution in [0.2, 0.25) is 0 Å². The number of aliphatic hydroxyl groups is 1. The van der Waals surface area contributed by atoms with Crippen molar-refractivity contribution in [1.29, 1.82) is 0 Å². The van der Waals surface area contributed by atoms with Crippen LogP contribution in [0.3, 0.4) is 0 Å². The molecule has 1 unspecified atom stereocenters. The molecule has 0 saturated carbocycles. The third-order valence-electron chi connectivity index (χ3n) is 7.31. The number of nitrogens with zero attached hydrogens (tertiary/aromatic N) is 3. The summed E-state index contributed by atoms with van der Waals surface area (Å²) in [4.78, 5) is 34.9. The summed E-state index contributed by atoms with van der Waals surface area (Å²) >= 11 is 0. The monoisotopic (exact) mass is 497 g/mol. The van der Waals surface area contributed by atoms with Gasteiger partial charge in [0.25, 0.3) is 11.7 Å². The fourth-order valence-corrected chi connectivity index (χ4v) is 5.35. The van der Waals surface area contributed by atoms with Crippen molar-refractivity contribution in [3.05, 3.63) is 88.8 Å². The van der Waals surface area contributed by atoms with Gasteiger partial charge in [0.15, 0.2) is 0 Å². The number of piperidine rings is 1. The number of aliphatic hydroxyl groups excluding tert-OH is 1. The van der Waals surface area contributed by atoms with E-state index in [1.165, 1.54) is 24.2 Å². The average molecular weight is 498 g/mol. The first kappa shape index (κ1) is 24.6. The number of Topliss-reactive ketones (excluding diaryl/α,β-unsaturated/α-hetero) is 1. The number of methoxy groups -OCH3 is 1. The van der Waals surface area contributed by atoms with Gasteiger partial charge >= 0.3 is 0 Å². The number of hydrogen-bond acceptors (Lipinski definition) is 6. The number of ether oxygens (including phenoxy) is 1.